The van der Waals surface area contributed by atoms with Crippen LogP contribution in [-0.2, 0) is 14.8 Å². The van der Waals surface area contributed by atoms with Gasteiger partial charge >= 0.3 is 5.97 Å². The fourth-order valence-electron chi connectivity index (χ4n) is 2.98. The van der Waals surface area contributed by atoms with Gasteiger partial charge in [0.25, 0.3) is 0 Å². The largest absolute Gasteiger partial charge is 0.481 e. The molecule has 122 valence electrons. The average molecular weight is 346 g/mol. The van der Waals surface area contributed by atoms with Crippen LogP contribution in [0.15, 0.2) is 29.2 Å². The molecule has 1 aromatic rings. The van der Waals surface area contributed by atoms with Crippen molar-refractivity contribution in [2.45, 2.75) is 43.4 Å². The molecule has 0 unspecified atom stereocenters. The van der Waals surface area contributed by atoms with Gasteiger partial charge in [-0.1, -0.05) is 30.9 Å². The van der Waals surface area contributed by atoms with E-state index in [1.54, 1.807) is 0 Å². The van der Waals surface area contributed by atoms with Crippen LogP contribution >= 0.6 is 11.6 Å². The Bertz CT molecular complexity index is 621. The molecule has 2 N–H and O–H groups in total. The summed E-state index contributed by atoms with van der Waals surface area (Å²) in [5, 5.41) is 9.58. The van der Waals surface area contributed by atoms with E-state index in [0.717, 1.165) is 32.1 Å². The number of rotatable bonds is 6. The lowest BCUT2D eigenvalue weighted by atomic mass is 9.72. The lowest BCUT2D eigenvalue weighted by molar-refractivity contribution is -0.140. The molecule has 5 nitrogen and oxygen atoms in total. The number of halogens is 1. The Balaban J connectivity index is 2.10. The highest BCUT2D eigenvalue weighted by molar-refractivity contribution is 7.89. The van der Waals surface area contributed by atoms with Gasteiger partial charge in [0, 0.05) is 11.6 Å². The molecule has 0 spiro atoms. The molecule has 0 bridgehead atoms. The molecule has 0 radical (unpaired) electrons. The maximum Gasteiger partial charge on any atom is 0.303 e. The standard InChI is InChI=1S/C15H20ClNO4S/c16-12-4-6-13(7-5-12)22(20,21)17-11-15(10-14(18)19)8-2-1-3-9-15/h4-7,17H,1-3,8-11H2,(H,18,19). The molecule has 1 saturated carbocycles. The van der Waals surface area contributed by atoms with E-state index in [-0.39, 0.29) is 17.9 Å². The second-order valence-electron chi connectivity index (χ2n) is 5.91. The Kier molecular flexibility index (Phi) is 5.47. The van der Waals surface area contributed by atoms with Gasteiger partial charge in [0.2, 0.25) is 10.0 Å². The van der Waals surface area contributed by atoms with E-state index in [0.29, 0.717) is 5.02 Å². The van der Waals surface area contributed by atoms with Gasteiger partial charge in [0.15, 0.2) is 0 Å². The molecule has 7 heteroatoms. The number of carbonyl (C=O) groups is 1. The summed E-state index contributed by atoms with van der Waals surface area (Å²) in [5.41, 5.74) is -0.483. The number of benzene rings is 1. The molecule has 1 fully saturated rings. The Labute approximate surface area is 135 Å². The number of carboxylic acids is 1. The van der Waals surface area contributed by atoms with E-state index in [1.165, 1.54) is 24.3 Å². The predicted octanol–water partition coefficient (Wildman–Crippen LogP) is 3.04. The van der Waals surface area contributed by atoms with Crippen molar-refractivity contribution in [2.75, 3.05) is 6.54 Å². The topological polar surface area (TPSA) is 83.5 Å². The molecule has 1 aliphatic carbocycles. The monoisotopic (exact) mass is 345 g/mol. The Morgan fingerprint density at radius 3 is 2.32 bits per heavy atom. The van der Waals surface area contributed by atoms with E-state index in [4.69, 9.17) is 16.7 Å². The average Bonchev–Trinajstić information content (AvgIpc) is 2.46. The van der Waals surface area contributed by atoms with Gasteiger partial charge in [0.05, 0.1) is 11.3 Å². The van der Waals surface area contributed by atoms with Crippen LogP contribution in [0, 0.1) is 5.41 Å². The van der Waals surface area contributed by atoms with E-state index < -0.39 is 21.4 Å². The van der Waals surface area contributed by atoms with Gasteiger partial charge < -0.3 is 5.11 Å². The zero-order valence-electron chi connectivity index (χ0n) is 12.2. The van der Waals surface area contributed by atoms with Gasteiger partial charge in [0.1, 0.15) is 0 Å². The number of carboxylic acid groups (broad SMARTS) is 1. The summed E-state index contributed by atoms with van der Waals surface area (Å²) in [7, 11) is -3.65. The van der Waals surface area contributed by atoms with Crippen molar-refractivity contribution in [1.29, 1.82) is 0 Å². The molecule has 0 saturated heterocycles. The highest BCUT2D eigenvalue weighted by Gasteiger charge is 2.35. The first-order valence-corrected chi connectivity index (χ1v) is 9.16. The van der Waals surface area contributed by atoms with Crippen molar-refractivity contribution in [3.05, 3.63) is 29.3 Å². The van der Waals surface area contributed by atoms with Gasteiger partial charge in [-0.25, -0.2) is 13.1 Å². The molecule has 1 aromatic carbocycles. The third-order valence-electron chi connectivity index (χ3n) is 4.20. The molecule has 0 atom stereocenters. The maximum atomic E-state index is 12.3. The third kappa shape index (κ3) is 4.44. The molecular formula is C15H20ClNO4S. The van der Waals surface area contributed by atoms with E-state index in [2.05, 4.69) is 4.72 Å². The number of hydrogen-bond acceptors (Lipinski definition) is 3. The van der Waals surface area contributed by atoms with Crippen molar-refractivity contribution in [2.24, 2.45) is 5.41 Å². The number of sulfonamides is 1. The summed E-state index contributed by atoms with van der Waals surface area (Å²) in [5.74, 6) is -0.882. The normalized spacial score (nSPS) is 18.0. The summed E-state index contributed by atoms with van der Waals surface area (Å²) in [6.07, 6.45) is 4.43. The minimum Gasteiger partial charge on any atom is -0.481 e. The first-order chi connectivity index (χ1) is 10.3. The van der Waals surface area contributed by atoms with Crippen molar-refractivity contribution in [1.82, 2.24) is 4.72 Å². The lowest BCUT2D eigenvalue weighted by Gasteiger charge is -2.36. The van der Waals surface area contributed by atoms with Crippen LogP contribution in [0.25, 0.3) is 0 Å². The molecule has 2 rings (SSSR count). The Morgan fingerprint density at radius 1 is 1.18 bits per heavy atom. The van der Waals surface area contributed by atoms with Gasteiger partial charge in [-0.2, -0.15) is 0 Å². The highest BCUT2D eigenvalue weighted by Crippen LogP contribution is 2.39. The van der Waals surface area contributed by atoms with Crippen molar-refractivity contribution in [3.63, 3.8) is 0 Å². The van der Waals surface area contributed by atoms with E-state index in [1.807, 2.05) is 0 Å². The van der Waals surface area contributed by atoms with Gasteiger partial charge in [-0.3, -0.25) is 4.79 Å². The molecular weight excluding hydrogens is 326 g/mol. The fourth-order valence-corrected chi connectivity index (χ4v) is 4.27. The first-order valence-electron chi connectivity index (χ1n) is 7.30. The third-order valence-corrected chi connectivity index (χ3v) is 5.87. The van der Waals surface area contributed by atoms with Crippen LogP contribution in [0.2, 0.25) is 5.02 Å². The second kappa shape index (κ2) is 6.98. The van der Waals surface area contributed by atoms with E-state index in [9.17, 15) is 13.2 Å². The van der Waals surface area contributed by atoms with E-state index >= 15 is 0 Å². The van der Waals surface area contributed by atoms with Crippen LogP contribution in [0.5, 0.6) is 0 Å². The van der Waals surface area contributed by atoms with Crippen molar-refractivity contribution < 1.29 is 18.3 Å². The van der Waals surface area contributed by atoms with Crippen LogP contribution in [0.4, 0.5) is 0 Å². The molecule has 22 heavy (non-hydrogen) atoms. The smallest absolute Gasteiger partial charge is 0.303 e. The summed E-state index contributed by atoms with van der Waals surface area (Å²) in [6, 6.07) is 5.91. The molecule has 0 aromatic heterocycles. The summed E-state index contributed by atoms with van der Waals surface area (Å²) in [4.78, 5) is 11.3. The minimum absolute atomic E-state index is 0.00383. The van der Waals surface area contributed by atoms with Crippen LogP contribution in [0.1, 0.15) is 38.5 Å². The zero-order valence-corrected chi connectivity index (χ0v) is 13.8. The van der Waals surface area contributed by atoms with Crippen molar-refractivity contribution in [3.8, 4) is 0 Å². The second-order valence-corrected chi connectivity index (χ2v) is 8.11. The maximum absolute atomic E-state index is 12.3. The summed E-state index contributed by atoms with van der Waals surface area (Å²) >= 11 is 5.76. The quantitative estimate of drug-likeness (QED) is 0.830. The lowest BCUT2D eigenvalue weighted by Crippen LogP contribution is -2.40. The number of hydrogen-bond donors (Lipinski definition) is 2. The SMILES string of the molecule is O=C(O)CC1(CNS(=O)(=O)c2ccc(Cl)cc2)CCCCC1. The van der Waals surface area contributed by atoms with Gasteiger partial charge in [-0.15, -0.1) is 0 Å². The first kappa shape index (κ1) is 17.2. The molecule has 1 aliphatic rings. The van der Waals surface area contributed by atoms with Crippen LogP contribution < -0.4 is 4.72 Å². The highest BCUT2D eigenvalue weighted by atomic mass is 35.5. The van der Waals surface area contributed by atoms with Crippen molar-refractivity contribution >= 4 is 27.6 Å². The summed E-state index contributed by atoms with van der Waals surface area (Å²) in [6.45, 7) is 0.157. The number of aliphatic carboxylic acids is 1. The Morgan fingerprint density at radius 2 is 1.77 bits per heavy atom. The summed E-state index contributed by atoms with van der Waals surface area (Å²) < 4.78 is 27.2. The predicted molar refractivity (Wildman–Crippen MR) is 84.4 cm³/mol. The number of nitrogens with one attached hydrogen (secondary N) is 1. The fraction of sp³-hybridized carbons (Fsp3) is 0.533. The van der Waals surface area contributed by atoms with Gasteiger partial charge in [-0.05, 0) is 42.5 Å². The Hall–Kier alpha value is -1.11. The minimum atomic E-state index is -3.65. The zero-order chi connectivity index (χ0) is 16.2. The van der Waals surface area contributed by atoms with Crippen LogP contribution in [0.3, 0.4) is 0 Å². The molecule has 0 heterocycles. The molecule has 0 amide bonds. The molecule has 0 aliphatic heterocycles. The van der Waals surface area contributed by atoms with Crippen LogP contribution in [-0.4, -0.2) is 26.0 Å².